The number of carbonyl (C=O) groups excluding carboxylic acids is 1. The fraction of sp³-hybridized carbons (Fsp3) is 0.125. The normalized spacial score (nSPS) is 11.9. The number of hydrogen-bond acceptors (Lipinski definition) is 7. The number of amides is 1. The minimum atomic E-state index is -0.533. The summed E-state index contributed by atoms with van der Waals surface area (Å²) in [5.41, 5.74) is 1.29. The van der Waals surface area contributed by atoms with Crippen LogP contribution in [0.25, 0.3) is 11.3 Å². The van der Waals surface area contributed by atoms with Crippen molar-refractivity contribution in [3.05, 3.63) is 52.1 Å². The highest BCUT2D eigenvalue weighted by atomic mass is 32.2. The summed E-state index contributed by atoms with van der Waals surface area (Å²) in [7, 11) is 0. The van der Waals surface area contributed by atoms with E-state index >= 15 is 0 Å². The van der Waals surface area contributed by atoms with Crippen LogP contribution in [0, 0.1) is 0 Å². The van der Waals surface area contributed by atoms with Gasteiger partial charge in [0.1, 0.15) is 0 Å². The molecule has 0 aliphatic rings. The molecule has 1 amide bonds. The Bertz CT molecular complexity index is 940. The highest BCUT2D eigenvalue weighted by molar-refractivity contribution is 8.00. The highest BCUT2D eigenvalue weighted by Crippen LogP contribution is 2.26. The van der Waals surface area contributed by atoms with Gasteiger partial charge in [0, 0.05) is 10.9 Å². The maximum absolute atomic E-state index is 12.3. The van der Waals surface area contributed by atoms with Crippen LogP contribution in [0.2, 0.25) is 0 Å². The van der Waals surface area contributed by atoms with Crippen LogP contribution >= 0.6 is 23.1 Å². The van der Waals surface area contributed by atoms with Gasteiger partial charge in [0.25, 0.3) is 5.56 Å². The molecule has 3 aromatic rings. The zero-order valence-corrected chi connectivity index (χ0v) is 14.7. The number of benzene rings is 1. The van der Waals surface area contributed by atoms with Crippen molar-refractivity contribution in [2.24, 2.45) is 0 Å². The Morgan fingerprint density at radius 1 is 1.32 bits per heavy atom. The first kappa shape index (κ1) is 17.2. The van der Waals surface area contributed by atoms with Crippen molar-refractivity contribution in [1.29, 1.82) is 0 Å². The summed E-state index contributed by atoms with van der Waals surface area (Å²) >= 11 is 2.38. The van der Waals surface area contributed by atoms with Crippen molar-refractivity contribution in [3.63, 3.8) is 0 Å². The van der Waals surface area contributed by atoms with Crippen LogP contribution < -0.4 is 10.9 Å². The van der Waals surface area contributed by atoms with Gasteiger partial charge in [-0.2, -0.15) is 4.98 Å². The average Bonchev–Trinajstić information content (AvgIpc) is 3.03. The fourth-order valence-electron chi connectivity index (χ4n) is 1.98. The number of thioether (sulfide) groups is 1. The molecule has 0 saturated heterocycles. The molecule has 0 radical (unpaired) electrons. The summed E-state index contributed by atoms with van der Waals surface area (Å²) in [4.78, 5) is 34.2. The maximum atomic E-state index is 12.3. The monoisotopic (exact) mass is 374 g/mol. The van der Waals surface area contributed by atoms with Crippen LogP contribution in [0.5, 0.6) is 5.88 Å². The lowest BCUT2D eigenvalue weighted by Gasteiger charge is -2.09. The molecule has 128 valence electrons. The molecule has 0 aliphatic carbocycles. The third kappa shape index (κ3) is 4.46. The summed E-state index contributed by atoms with van der Waals surface area (Å²) in [6.07, 6.45) is 0. The van der Waals surface area contributed by atoms with E-state index in [0.29, 0.717) is 5.13 Å². The largest absolute Gasteiger partial charge is 0.493 e. The molecule has 0 spiro atoms. The molecule has 1 aromatic carbocycles. The van der Waals surface area contributed by atoms with Crippen molar-refractivity contribution < 1.29 is 9.90 Å². The molecule has 7 nitrogen and oxygen atoms in total. The second-order valence-electron chi connectivity index (χ2n) is 5.06. The molecule has 25 heavy (non-hydrogen) atoms. The summed E-state index contributed by atoms with van der Waals surface area (Å²) < 4.78 is 0. The summed E-state index contributed by atoms with van der Waals surface area (Å²) in [5, 5.41) is 14.1. The third-order valence-electron chi connectivity index (χ3n) is 3.17. The van der Waals surface area contributed by atoms with E-state index < -0.39 is 10.8 Å². The molecular weight excluding hydrogens is 360 g/mol. The van der Waals surface area contributed by atoms with Gasteiger partial charge in [-0.25, -0.2) is 4.98 Å². The third-order valence-corrected chi connectivity index (χ3v) is 4.91. The SMILES string of the molecule is CC(Sc1nc(O)cc(=O)[nH]1)C(=O)Nc1nc(-c2ccccc2)cs1. The molecule has 3 rings (SSSR count). The maximum Gasteiger partial charge on any atom is 0.255 e. The van der Waals surface area contributed by atoms with E-state index in [9.17, 15) is 14.7 Å². The van der Waals surface area contributed by atoms with Gasteiger partial charge in [-0.05, 0) is 6.92 Å². The smallest absolute Gasteiger partial charge is 0.255 e. The quantitative estimate of drug-likeness (QED) is 0.468. The molecule has 3 N–H and O–H groups in total. The van der Waals surface area contributed by atoms with Crippen LogP contribution in [0.4, 0.5) is 5.13 Å². The zero-order chi connectivity index (χ0) is 17.8. The molecule has 2 heterocycles. The van der Waals surface area contributed by atoms with Crippen LogP contribution in [-0.4, -0.2) is 31.2 Å². The molecule has 0 bridgehead atoms. The Morgan fingerprint density at radius 3 is 2.80 bits per heavy atom. The Balaban J connectivity index is 1.65. The Labute approximate surface area is 151 Å². The lowest BCUT2D eigenvalue weighted by Crippen LogP contribution is -2.23. The molecule has 0 aliphatic heterocycles. The van der Waals surface area contributed by atoms with Gasteiger partial charge in [0.2, 0.25) is 11.8 Å². The predicted octanol–water partition coefficient (Wildman–Crippen LogP) is 2.72. The van der Waals surface area contributed by atoms with Gasteiger partial charge in [0.05, 0.1) is 17.0 Å². The number of thiazole rings is 1. The fourth-order valence-corrected chi connectivity index (χ4v) is 3.51. The topological polar surface area (TPSA) is 108 Å². The first-order valence-electron chi connectivity index (χ1n) is 7.30. The molecular formula is C16H14N4O3S2. The van der Waals surface area contributed by atoms with Crippen molar-refractivity contribution in [2.45, 2.75) is 17.3 Å². The van der Waals surface area contributed by atoms with Crippen molar-refractivity contribution in [1.82, 2.24) is 15.0 Å². The first-order chi connectivity index (χ1) is 12.0. The second-order valence-corrected chi connectivity index (χ2v) is 7.25. The number of hydrogen-bond donors (Lipinski definition) is 3. The van der Waals surface area contributed by atoms with Gasteiger partial charge in [-0.1, -0.05) is 42.1 Å². The minimum absolute atomic E-state index is 0.178. The number of nitrogens with one attached hydrogen (secondary N) is 2. The molecule has 2 aromatic heterocycles. The van der Waals surface area contributed by atoms with E-state index in [1.165, 1.54) is 11.3 Å². The number of aromatic hydroxyl groups is 1. The molecule has 1 unspecified atom stereocenters. The number of rotatable bonds is 5. The number of aromatic nitrogens is 3. The van der Waals surface area contributed by atoms with E-state index in [-0.39, 0.29) is 16.9 Å². The molecule has 0 saturated carbocycles. The van der Waals surface area contributed by atoms with E-state index in [0.717, 1.165) is 29.1 Å². The molecule has 9 heteroatoms. The Kier molecular flexibility index (Phi) is 5.15. The number of aromatic amines is 1. The van der Waals surface area contributed by atoms with Gasteiger partial charge >= 0.3 is 0 Å². The van der Waals surface area contributed by atoms with Crippen molar-refractivity contribution in [2.75, 3.05) is 5.32 Å². The number of nitrogens with zero attached hydrogens (tertiary/aromatic N) is 2. The summed E-state index contributed by atoms with van der Waals surface area (Å²) in [6, 6.07) is 10.6. The summed E-state index contributed by atoms with van der Waals surface area (Å²) in [6.45, 7) is 1.68. The average molecular weight is 374 g/mol. The lowest BCUT2D eigenvalue weighted by molar-refractivity contribution is -0.115. The Morgan fingerprint density at radius 2 is 2.08 bits per heavy atom. The molecule has 0 fully saturated rings. The van der Waals surface area contributed by atoms with E-state index in [1.807, 2.05) is 35.7 Å². The van der Waals surface area contributed by atoms with Crippen molar-refractivity contribution in [3.8, 4) is 17.1 Å². The van der Waals surface area contributed by atoms with Crippen LogP contribution in [0.15, 0.2) is 51.7 Å². The van der Waals surface area contributed by atoms with E-state index in [1.54, 1.807) is 6.92 Å². The molecule has 1 atom stereocenters. The zero-order valence-electron chi connectivity index (χ0n) is 13.1. The highest BCUT2D eigenvalue weighted by Gasteiger charge is 2.18. The van der Waals surface area contributed by atoms with Crippen LogP contribution in [-0.2, 0) is 4.79 Å². The first-order valence-corrected chi connectivity index (χ1v) is 9.06. The van der Waals surface area contributed by atoms with Crippen LogP contribution in [0.3, 0.4) is 0 Å². The van der Waals surface area contributed by atoms with Gasteiger partial charge < -0.3 is 15.4 Å². The second kappa shape index (κ2) is 7.49. The van der Waals surface area contributed by atoms with Gasteiger partial charge in [-0.15, -0.1) is 11.3 Å². The number of H-pyrrole nitrogens is 1. The Hall–Kier alpha value is -2.65. The van der Waals surface area contributed by atoms with Crippen molar-refractivity contribution >= 4 is 34.1 Å². The number of carbonyl (C=O) groups is 1. The standard InChI is InChI=1S/C16H14N4O3S2/c1-9(25-16-18-12(21)7-13(22)19-16)14(23)20-15-17-11(8-24-15)10-5-3-2-4-6-10/h2-9H,1H3,(H,17,20,23)(H2,18,19,21,22). The van der Waals surface area contributed by atoms with E-state index in [2.05, 4.69) is 20.3 Å². The summed E-state index contributed by atoms with van der Waals surface area (Å²) in [5.74, 6) is -0.656. The lowest BCUT2D eigenvalue weighted by atomic mass is 10.2. The van der Waals surface area contributed by atoms with Gasteiger partial charge in [-0.3, -0.25) is 9.59 Å². The van der Waals surface area contributed by atoms with Gasteiger partial charge in [0.15, 0.2) is 10.3 Å². The van der Waals surface area contributed by atoms with Crippen LogP contribution in [0.1, 0.15) is 6.92 Å². The predicted molar refractivity (Wildman–Crippen MR) is 98.0 cm³/mol. The van der Waals surface area contributed by atoms with E-state index in [4.69, 9.17) is 0 Å². The number of anilines is 1. The minimum Gasteiger partial charge on any atom is -0.493 e.